The molecule has 0 heterocycles. The second-order valence-electron chi connectivity index (χ2n) is 7.41. The van der Waals surface area contributed by atoms with Crippen molar-refractivity contribution in [1.29, 1.82) is 10.5 Å². The highest BCUT2D eigenvalue weighted by Gasteiger charge is 2.02. The second kappa shape index (κ2) is 14.0. The Balaban J connectivity index is 0.000000623. The van der Waals surface area contributed by atoms with E-state index in [0.717, 1.165) is 48.1 Å². The Morgan fingerprint density at radius 3 is 1.37 bits per heavy atom. The highest BCUT2D eigenvalue weighted by Crippen LogP contribution is 2.26. The molecule has 0 amide bonds. The van der Waals surface area contributed by atoms with Crippen molar-refractivity contribution in [1.82, 2.24) is 0 Å². The molecule has 5 nitrogen and oxygen atoms in total. The highest BCUT2D eigenvalue weighted by molar-refractivity contribution is 8.10. The van der Waals surface area contributed by atoms with Crippen molar-refractivity contribution in [2.75, 3.05) is 6.29 Å². The fraction of sp³-hybridized carbons (Fsp3) is 0.0714. The maximum atomic E-state index is 8.91. The van der Waals surface area contributed by atoms with Crippen molar-refractivity contribution in [3.05, 3.63) is 114 Å². The van der Waals surface area contributed by atoms with Crippen LogP contribution in [0.15, 0.2) is 97.1 Å². The quantitative estimate of drug-likeness (QED) is 0.288. The van der Waals surface area contributed by atoms with Gasteiger partial charge >= 0.3 is 0 Å². The third kappa shape index (κ3) is 8.01. The molecule has 4 rings (SSSR count). The zero-order valence-electron chi connectivity index (χ0n) is 19.1. The van der Waals surface area contributed by atoms with Crippen molar-refractivity contribution < 1.29 is 4.74 Å². The Labute approximate surface area is 209 Å². The smallest absolute Gasteiger partial charge is 0.119 e. The van der Waals surface area contributed by atoms with E-state index >= 15 is 0 Å². The Kier molecular flexibility index (Phi) is 10.4. The molecular formula is C28H26N4OP2. The van der Waals surface area contributed by atoms with Crippen molar-refractivity contribution in [2.24, 2.45) is 11.2 Å². The van der Waals surface area contributed by atoms with Crippen LogP contribution in [0.2, 0.25) is 0 Å². The Morgan fingerprint density at radius 2 is 1.03 bits per heavy atom. The van der Waals surface area contributed by atoms with Crippen LogP contribution in [-0.2, 0) is 6.61 Å². The van der Waals surface area contributed by atoms with Crippen LogP contribution in [0.4, 0.5) is 0 Å². The molecule has 7 heteroatoms. The minimum absolute atomic E-state index is 0.490. The summed E-state index contributed by atoms with van der Waals surface area (Å²) in [6, 6.07) is 35.6. The fourth-order valence-corrected chi connectivity index (χ4v) is 3.71. The van der Waals surface area contributed by atoms with Gasteiger partial charge in [0.2, 0.25) is 0 Å². The van der Waals surface area contributed by atoms with Gasteiger partial charge in [0.05, 0.1) is 23.3 Å². The lowest BCUT2D eigenvalue weighted by atomic mass is 10.0. The van der Waals surface area contributed by atoms with Crippen LogP contribution in [0.3, 0.4) is 0 Å². The molecule has 0 bridgehead atoms. The van der Waals surface area contributed by atoms with Gasteiger partial charge in [-0.1, -0.05) is 68.9 Å². The largest absolute Gasteiger partial charge is 0.489 e. The number of benzene rings is 4. The Bertz CT molecular complexity index is 1170. The van der Waals surface area contributed by atoms with Crippen molar-refractivity contribution in [2.45, 2.75) is 6.61 Å². The molecule has 0 aliphatic carbocycles. The van der Waals surface area contributed by atoms with Gasteiger partial charge in [0, 0.05) is 6.29 Å². The normalized spacial score (nSPS) is 10.5. The SMILES string of the molecule is N#Cc1ccc(-c2ccc(COc3ccc(-c4ccc(C#N)cc4)cc3)cc2)cc1.NCPPN. The van der Waals surface area contributed by atoms with Gasteiger partial charge in [-0.2, -0.15) is 10.5 Å². The van der Waals surface area contributed by atoms with Crippen LogP contribution >= 0.6 is 16.7 Å². The first-order valence-corrected chi connectivity index (χ1v) is 14.2. The molecule has 0 saturated heterocycles. The first-order chi connectivity index (χ1) is 17.2. The van der Waals surface area contributed by atoms with E-state index < -0.39 is 0 Å². The molecule has 4 aromatic rings. The summed E-state index contributed by atoms with van der Waals surface area (Å²) in [6.45, 7) is 0.490. The molecule has 2 atom stereocenters. The summed E-state index contributed by atoms with van der Waals surface area (Å²) in [7, 11) is 1.34. The minimum Gasteiger partial charge on any atom is -0.489 e. The van der Waals surface area contributed by atoms with Crippen molar-refractivity contribution >= 4 is 16.7 Å². The predicted molar refractivity (Wildman–Crippen MR) is 147 cm³/mol. The molecule has 35 heavy (non-hydrogen) atoms. The monoisotopic (exact) mass is 496 g/mol. The van der Waals surface area contributed by atoms with Gasteiger partial charge in [-0.15, -0.1) is 0 Å². The van der Waals surface area contributed by atoms with Gasteiger partial charge < -0.3 is 16.0 Å². The molecule has 0 aliphatic heterocycles. The molecule has 174 valence electrons. The molecule has 0 saturated carbocycles. The first-order valence-electron chi connectivity index (χ1n) is 10.9. The number of nitrogens with two attached hydrogens (primary N) is 2. The summed E-state index contributed by atoms with van der Waals surface area (Å²) in [5, 5.41) is 17.8. The van der Waals surface area contributed by atoms with Crippen LogP contribution in [-0.4, -0.2) is 6.29 Å². The van der Waals surface area contributed by atoms with Crippen LogP contribution in [0.5, 0.6) is 5.75 Å². The van der Waals surface area contributed by atoms with Crippen LogP contribution in [0.1, 0.15) is 16.7 Å². The van der Waals surface area contributed by atoms with Gasteiger partial charge in [0.1, 0.15) is 12.4 Å². The molecule has 0 spiro atoms. The van der Waals surface area contributed by atoms with E-state index in [1.165, 1.54) is 0 Å². The van der Waals surface area contributed by atoms with E-state index in [0.29, 0.717) is 26.2 Å². The van der Waals surface area contributed by atoms with Crippen molar-refractivity contribution in [3.63, 3.8) is 0 Å². The van der Waals surface area contributed by atoms with Crippen molar-refractivity contribution in [3.8, 4) is 40.1 Å². The number of rotatable bonds is 7. The average molecular weight is 496 g/mol. The minimum atomic E-state index is 0.490. The van der Waals surface area contributed by atoms with Gasteiger partial charge in [-0.25, -0.2) is 0 Å². The first kappa shape index (κ1) is 26.1. The highest BCUT2D eigenvalue weighted by atomic mass is 32.0. The molecule has 2 unspecified atom stereocenters. The molecule has 0 fully saturated rings. The van der Waals surface area contributed by atoms with E-state index in [1.54, 1.807) is 0 Å². The maximum absolute atomic E-state index is 8.91. The summed E-state index contributed by atoms with van der Waals surface area (Å²) in [5.41, 5.74) is 16.9. The lowest BCUT2D eigenvalue weighted by molar-refractivity contribution is 0.306. The van der Waals surface area contributed by atoms with Crippen LogP contribution in [0.25, 0.3) is 22.3 Å². The Hall–Kier alpha value is -3.56. The lowest BCUT2D eigenvalue weighted by Crippen LogP contribution is -1.95. The average Bonchev–Trinajstić information content (AvgIpc) is 2.93. The molecule has 0 radical (unpaired) electrons. The number of hydrogen-bond donors (Lipinski definition) is 2. The lowest BCUT2D eigenvalue weighted by Gasteiger charge is -2.09. The molecule has 4 N–H and O–H groups in total. The number of nitriles is 2. The van der Waals surface area contributed by atoms with E-state index in [1.807, 2.05) is 72.8 Å². The molecule has 4 aromatic carbocycles. The topological polar surface area (TPSA) is 109 Å². The fourth-order valence-electron chi connectivity index (χ4n) is 3.24. The summed E-state index contributed by atoms with van der Waals surface area (Å²) in [6.07, 6.45) is 0.759. The zero-order chi connectivity index (χ0) is 24.9. The van der Waals surface area contributed by atoms with Gasteiger partial charge in [0.25, 0.3) is 0 Å². The van der Waals surface area contributed by atoms with E-state index in [2.05, 4.69) is 36.4 Å². The Morgan fingerprint density at radius 1 is 0.629 bits per heavy atom. The molecular weight excluding hydrogens is 470 g/mol. The predicted octanol–water partition coefficient (Wildman–Crippen LogP) is 6.39. The second-order valence-corrected chi connectivity index (χ2v) is 10.4. The molecule has 0 aromatic heterocycles. The zero-order valence-corrected chi connectivity index (χ0v) is 21.1. The third-order valence-electron chi connectivity index (χ3n) is 5.11. The number of hydrogen-bond acceptors (Lipinski definition) is 5. The van der Waals surface area contributed by atoms with E-state index in [4.69, 9.17) is 26.5 Å². The van der Waals surface area contributed by atoms with Crippen LogP contribution < -0.4 is 16.0 Å². The van der Waals surface area contributed by atoms with Gasteiger partial charge in [-0.3, -0.25) is 0 Å². The van der Waals surface area contributed by atoms with E-state index in [9.17, 15) is 0 Å². The van der Waals surface area contributed by atoms with E-state index in [-0.39, 0.29) is 0 Å². The summed E-state index contributed by atoms with van der Waals surface area (Å²) in [4.78, 5) is 0. The number of ether oxygens (including phenoxy) is 1. The van der Waals surface area contributed by atoms with Crippen LogP contribution in [0, 0.1) is 22.7 Å². The van der Waals surface area contributed by atoms with Gasteiger partial charge in [0.15, 0.2) is 0 Å². The summed E-state index contributed by atoms with van der Waals surface area (Å²) >= 11 is 0. The standard InChI is InChI=1S/C27H18N2O.CH8N2P2/c28-17-20-1-7-23(8-2-20)25-11-5-22(6-12-25)19-30-27-15-13-26(14-16-27)24-9-3-21(18-29)4-10-24;2-1-4-5-3/h1-16H,19H2;4-5H,1-3H2. The molecule has 0 aliphatic rings. The van der Waals surface area contributed by atoms with Gasteiger partial charge in [-0.05, 0) is 72.6 Å². The summed E-state index contributed by atoms with van der Waals surface area (Å²) < 4.78 is 5.92. The number of nitrogens with zero attached hydrogens (tertiary/aromatic N) is 2. The summed E-state index contributed by atoms with van der Waals surface area (Å²) in [5.74, 6) is 0.809. The maximum Gasteiger partial charge on any atom is 0.119 e. The third-order valence-corrected chi connectivity index (χ3v) is 6.75.